The maximum Gasteiger partial charge on any atom is 0.255 e. The Morgan fingerprint density at radius 3 is 2.75 bits per heavy atom. The Morgan fingerprint density at radius 2 is 2.04 bits per heavy atom. The Labute approximate surface area is 141 Å². The summed E-state index contributed by atoms with van der Waals surface area (Å²) >= 11 is 0. The molecule has 0 amide bonds. The molecule has 3 heterocycles. The van der Waals surface area contributed by atoms with Crippen molar-refractivity contribution < 1.29 is 14.0 Å². The number of aryl methyl sites for hydroxylation is 1. The molecule has 0 radical (unpaired) electrons. The van der Waals surface area contributed by atoms with Crippen molar-refractivity contribution in [3.05, 3.63) is 41.5 Å². The fourth-order valence-electron chi connectivity index (χ4n) is 3.80. The van der Waals surface area contributed by atoms with Crippen molar-refractivity contribution in [1.29, 1.82) is 0 Å². The summed E-state index contributed by atoms with van der Waals surface area (Å²) in [6, 6.07) is 8.80. The third-order valence-corrected chi connectivity index (χ3v) is 5.03. The first-order valence-corrected chi connectivity index (χ1v) is 8.55. The van der Waals surface area contributed by atoms with Gasteiger partial charge in [0.2, 0.25) is 0 Å². The van der Waals surface area contributed by atoms with Gasteiger partial charge in [0, 0.05) is 19.1 Å². The van der Waals surface area contributed by atoms with Gasteiger partial charge in [-0.2, -0.15) is 4.98 Å². The first-order valence-electron chi connectivity index (χ1n) is 8.55. The van der Waals surface area contributed by atoms with E-state index in [0.29, 0.717) is 17.8 Å². The molecule has 24 heavy (non-hydrogen) atoms. The molecule has 0 aliphatic carbocycles. The number of aromatic nitrogens is 2. The summed E-state index contributed by atoms with van der Waals surface area (Å²) in [6.07, 6.45) is 3.31. The highest BCUT2D eigenvalue weighted by atomic mass is 16.5. The lowest BCUT2D eigenvalue weighted by Crippen LogP contribution is -2.40. The molecule has 1 aromatic heterocycles. The Kier molecular flexibility index (Phi) is 4.24. The van der Waals surface area contributed by atoms with Crippen LogP contribution in [-0.4, -0.2) is 40.8 Å². The van der Waals surface area contributed by atoms with Gasteiger partial charge in [0.15, 0.2) is 5.82 Å². The minimum absolute atomic E-state index is 0.0478. The molecule has 0 bridgehead atoms. The van der Waals surface area contributed by atoms with Gasteiger partial charge in [-0.1, -0.05) is 17.3 Å². The largest absolute Gasteiger partial charge is 0.497 e. The van der Waals surface area contributed by atoms with Gasteiger partial charge in [-0.15, -0.1) is 0 Å². The monoisotopic (exact) mass is 329 g/mol. The molecule has 2 fully saturated rings. The van der Waals surface area contributed by atoms with Crippen molar-refractivity contribution in [2.45, 2.75) is 51.0 Å². The Balaban J connectivity index is 1.39. The van der Waals surface area contributed by atoms with Crippen LogP contribution >= 0.6 is 0 Å². The van der Waals surface area contributed by atoms with E-state index in [0.717, 1.165) is 38.1 Å². The van der Waals surface area contributed by atoms with Crippen LogP contribution in [0.15, 0.2) is 28.8 Å². The Hall–Kier alpha value is -1.92. The smallest absolute Gasteiger partial charge is 0.255 e. The van der Waals surface area contributed by atoms with E-state index in [2.05, 4.69) is 27.2 Å². The van der Waals surface area contributed by atoms with Gasteiger partial charge >= 0.3 is 0 Å². The number of ether oxygens (including phenoxy) is 2. The van der Waals surface area contributed by atoms with E-state index >= 15 is 0 Å². The first-order chi connectivity index (χ1) is 11.7. The number of fused-ring (bicyclic) bond motifs is 1. The lowest BCUT2D eigenvalue weighted by Gasteiger charge is -2.34. The number of rotatable bonds is 4. The average Bonchev–Trinajstić information content (AvgIpc) is 3.22. The zero-order valence-corrected chi connectivity index (χ0v) is 14.1. The van der Waals surface area contributed by atoms with E-state index in [1.165, 1.54) is 5.56 Å². The average molecular weight is 329 g/mol. The summed E-state index contributed by atoms with van der Waals surface area (Å²) in [6.45, 7) is 3.86. The van der Waals surface area contributed by atoms with Crippen LogP contribution in [-0.2, 0) is 11.3 Å². The topological polar surface area (TPSA) is 60.6 Å². The molecule has 6 nitrogen and oxygen atoms in total. The van der Waals surface area contributed by atoms with Gasteiger partial charge in [-0.25, -0.2) is 0 Å². The number of methoxy groups -OCH3 is 1. The molecule has 128 valence electrons. The van der Waals surface area contributed by atoms with Crippen molar-refractivity contribution in [3.8, 4) is 5.75 Å². The van der Waals surface area contributed by atoms with Crippen molar-refractivity contribution in [2.24, 2.45) is 0 Å². The molecule has 0 N–H and O–H groups in total. The Bertz CT molecular complexity index is 685. The standard InChI is InChI=1S/C18H23N3O3/c1-12-19-18(24-20-12)17-8-7-15-16(23-17)9-10-21(15)11-13-3-5-14(22-2)6-4-13/h3-6,15-17H,7-11H2,1-2H3/t15-,16-,17-/m1/s1. The van der Waals surface area contributed by atoms with E-state index in [1.54, 1.807) is 7.11 Å². The van der Waals surface area contributed by atoms with E-state index in [1.807, 2.05) is 19.1 Å². The normalized spacial score (nSPS) is 27.2. The fourth-order valence-corrected chi connectivity index (χ4v) is 3.80. The summed E-state index contributed by atoms with van der Waals surface area (Å²) < 4.78 is 16.8. The highest BCUT2D eigenvalue weighted by molar-refractivity contribution is 5.27. The van der Waals surface area contributed by atoms with E-state index in [-0.39, 0.29) is 12.2 Å². The van der Waals surface area contributed by atoms with Gasteiger partial charge in [-0.3, -0.25) is 4.90 Å². The van der Waals surface area contributed by atoms with E-state index < -0.39 is 0 Å². The van der Waals surface area contributed by atoms with Crippen molar-refractivity contribution in [3.63, 3.8) is 0 Å². The third kappa shape index (κ3) is 3.03. The molecule has 4 rings (SSSR count). The van der Waals surface area contributed by atoms with Crippen LogP contribution in [0.1, 0.15) is 42.6 Å². The predicted octanol–water partition coefficient (Wildman–Crippen LogP) is 2.88. The van der Waals surface area contributed by atoms with E-state index in [4.69, 9.17) is 14.0 Å². The summed E-state index contributed by atoms with van der Waals surface area (Å²) in [4.78, 5) is 6.85. The van der Waals surface area contributed by atoms with Crippen LogP contribution in [0.2, 0.25) is 0 Å². The number of nitrogens with zero attached hydrogens (tertiary/aromatic N) is 3. The zero-order valence-electron chi connectivity index (χ0n) is 14.1. The lowest BCUT2D eigenvalue weighted by atomic mass is 9.98. The second kappa shape index (κ2) is 6.53. The van der Waals surface area contributed by atoms with Crippen molar-refractivity contribution >= 4 is 0 Å². The van der Waals surface area contributed by atoms with Gasteiger partial charge in [0.05, 0.1) is 13.2 Å². The van der Waals surface area contributed by atoms with E-state index in [9.17, 15) is 0 Å². The highest BCUT2D eigenvalue weighted by Crippen LogP contribution is 2.38. The first kappa shape index (κ1) is 15.6. The van der Waals surface area contributed by atoms with Crippen LogP contribution < -0.4 is 4.74 Å². The molecular formula is C18H23N3O3. The van der Waals surface area contributed by atoms with Crippen LogP contribution in [0.5, 0.6) is 5.75 Å². The summed E-state index contributed by atoms with van der Waals surface area (Å²) in [5.41, 5.74) is 1.31. The summed E-state index contributed by atoms with van der Waals surface area (Å²) in [5.74, 6) is 2.19. The molecule has 6 heteroatoms. The molecule has 2 saturated heterocycles. The maximum absolute atomic E-state index is 6.26. The molecule has 0 spiro atoms. The zero-order chi connectivity index (χ0) is 16.5. The second-order valence-electron chi connectivity index (χ2n) is 6.59. The quantitative estimate of drug-likeness (QED) is 0.859. The predicted molar refractivity (Wildman–Crippen MR) is 87.7 cm³/mol. The minimum atomic E-state index is -0.0478. The number of hydrogen-bond donors (Lipinski definition) is 0. The molecular weight excluding hydrogens is 306 g/mol. The summed E-state index contributed by atoms with van der Waals surface area (Å²) in [5, 5.41) is 3.88. The maximum atomic E-state index is 6.26. The van der Waals surface area contributed by atoms with Gasteiger partial charge in [0.25, 0.3) is 5.89 Å². The van der Waals surface area contributed by atoms with Crippen molar-refractivity contribution in [1.82, 2.24) is 15.0 Å². The van der Waals surface area contributed by atoms with Crippen LogP contribution in [0.4, 0.5) is 0 Å². The molecule has 2 aliphatic rings. The summed E-state index contributed by atoms with van der Waals surface area (Å²) in [7, 11) is 1.70. The number of hydrogen-bond acceptors (Lipinski definition) is 6. The number of benzene rings is 1. The Morgan fingerprint density at radius 1 is 1.21 bits per heavy atom. The highest BCUT2D eigenvalue weighted by Gasteiger charge is 2.41. The number of likely N-dealkylation sites (tertiary alicyclic amines) is 1. The molecule has 2 aliphatic heterocycles. The molecule has 1 aromatic carbocycles. The van der Waals surface area contributed by atoms with Crippen molar-refractivity contribution in [2.75, 3.05) is 13.7 Å². The lowest BCUT2D eigenvalue weighted by molar-refractivity contribution is -0.0831. The third-order valence-electron chi connectivity index (χ3n) is 5.03. The van der Waals surface area contributed by atoms with Gasteiger partial charge < -0.3 is 14.0 Å². The SMILES string of the molecule is COc1ccc(CN2CC[C@H]3O[C@@H](c4nc(C)no4)CC[C@H]32)cc1. The van der Waals surface area contributed by atoms with Gasteiger partial charge in [-0.05, 0) is 43.9 Å². The van der Waals surface area contributed by atoms with Crippen LogP contribution in [0.25, 0.3) is 0 Å². The second-order valence-corrected chi connectivity index (χ2v) is 6.59. The minimum Gasteiger partial charge on any atom is -0.497 e. The van der Waals surface area contributed by atoms with Crippen LogP contribution in [0, 0.1) is 6.92 Å². The molecule has 2 aromatic rings. The molecule has 0 unspecified atom stereocenters. The molecule has 0 saturated carbocycles. The fraction of sp³-hybridized carbons (Fsp3) is 0.556. The van der Waals surface area contributed by atoms with Gasteiger partial charge in [0.1, 0.15) is 11.9 Å². The van der Waals surface area contributed by atoms with Crippen LogP contribution in [0.3, 0.4) is 0 Å². The molecule has 3 atom stereocenters.